The molecule has 0 N–H and O–H groups in total. The average molecular weight is 613 g/mol. The monoisotopic (exact) mass is 612 g/mol. The second kappa shape index (κ2) is 24.7. The van der Waals surface area contributed by atoms with E-state index in [-0.39, 0.29) is 25.0 Å². The molecule has 0 aliphatic carbocycles. The van der Waals surface area contributed by atoms with Gasteiger partial charge in [-0.1, -0.05) is 0 Å². The zero-order valence-electron chi connectivity index (χ0n) is 27.8. The maximum absolute atomic E-state index is 14.9. The van der Waals surface area contributed by atoms with Crippen molar-refractivity contribution in [3.05, 3.63) is 0 Å². The van der Waals surface area contributed by atoms with Gasteiger partial charge in [0.2, 0.25) is 0 Å². The van der Waals surface area contributed by atoms with Gasteiger partial charge in [-0.3, -0.25) is 0 Å². The van der Waals surface area contributed by atoms with Gasteiger partial charge >= 0.3 is 252 Å². The molecule has 0 bridgehead atoms. The Bertz CT molecular complexity index is 578. The van der Waals surface area contributed by atoms with Crippen LogP contribution in [0.4, 0.5) is 0 Å². The average Bonchev–Trinajstić information content (AvgIpc) is 2.97. The summed E-state index contributed by atoms with van der Waals surface area (Å²) in [4.78, 5) is 11.4. The number of rotatable bonds is 30. The molecule has 0 aromatic rings. The van der Waals surface area contributed by atoms with Crippen LogP contribution >= 0.6 is 0 Å². The van der Waals surface area contributed by atoms with Crippen molar-refractivity contribution in [3.8, 4) is 0 Å². The van der Waals surface area contributed by atoms with Crippen LogP contribution in [0.5, 0.6) is 0 Å². The molecule has 242 valence electrons. The van der Waals surface area contributed by atoms with Crippen LogP contribution in [0.15, 0.2) is 0 Å². The van der Waals surface area contributed by atoms with Gasteiger partial charge in [0.05, 0.1) is 0 Å². The van der Waals surface area contributed by atoms with E-state index in [2.05, 4.69) is 55.4 Å². The van der Waals surface area contributed by atoms with E-state index in [0.29, 0.717) is 25.0 Å². The maximum atomic E-state index is 14.9. The Kier molecular flexibility index (Phi) is 24.9. The molecule has 4 atom stereocenters. The van der Waals surface area contributed by atoms with Gasteiger partial charge in [-0.15, -0.1) is 0 Å². The Morgan fingerprint density at radius 1 is 0.450 bits per heavy atom. The van der Waals surface area contributed by atoms with Crippen molar-refractivity contribution in [2.45, 2.75) is 158 Å². The van der Waals surface area contributed by atoms with Gasteiger partial charge in [-0.05, 0) is 0 Å². The first-order valence-corrected chi connectivity index (χ1v) is 20.3. The molecule has 7 nitrogen and oxygen atoms in total. The van der Waals surface area contributed by atoms with Gasteiger partial charge in [0, 0.05) is 0 Å². The van der Waals surface area contributed by atoms with E-state index in [9.17, 15) is 3.32 Å². The first-order valence-electron chi connectivity index (χ1n) is 17.1. The molecule has 0 aromatic carbocycles. The van der Waals surface area contributed by atoms with Crippen LogP contribution in [-0.2, 0) is 43.5 Å². The molecule has 4 unspecified atom stereocenters. The predicted octanol–water partition coefficient (Wildman–Crippen LogP) is 10.5. The third-order valence-electron chi connectivity index (χ3n) is 8.28. The van der Waals surface area contributed by atoms with Crippen LogP contribution in [0.1, 0.15) is 158 Å². The van der Waals surface area contributed by atoms with E-state index in [0.717, 1.165) is 103 Å². The van der Waals surface area contributed by atoms with Crippen LogP contribution in [0.2, 0.25) is 0 Å². The second-order valence-electron chi connectivity index (χ2n) is 11.9. The van der Waals surface area contributed by atoms with Gasteiger partial charge in [0.1, 0.15) is 0 Å². The van der Waals surface area contributed by atoms with Crippen LogP contribution in [0, 0.1) is 23.7 Å². The molecule has 40 heavy (non-hydrogen) atoms. The van der Waals surface area contributed by atoms with E-state index >= 15 is 0 Å². The summed E-state index contributed by atoms with van der Waals surface area (Å²) in [5.74, 6) is 1.03. The number of unbranched alkanes of at least 4 members (excludes halogenated alkanes) is 4. The molecule has 0 fully saturated rings. The third kappa shape index (κ3) is 18.1. The molecule has 0 saturated carbocycles. The SMILES string of the molecule is CCCCC(CC)CO[O][Ti](=[O])([O]CC(CC)CCCC)([O]CC(CC)CCCC)[O]OCC(CC)CCCC. The fourth-order valence-corrected chi connectivity index (χ4v) is 7.58. The van der Waals surface area contributed by atoms with E-state index in [1.54, 1.807) is 0 Å². The van der Waals surface area contributed by atoms with E-state index < -0.39 is 16.8 Å². The van der Waals surface area contributed by atoms with Crippen LogP contribution in [-0.4, -0.2) is 26.4 Å². The zero-order chi connectivity index (χ0) is 30.1. The van der Waals surface area contributed by atoms with Crippen molar-refractivity contribution >= 4 is 0 Å². The van der Waals surface area contributed by atoms with Crippen molar-refractivity contribution in [1.29, 1.82) is 0 Å². The topological polar surface area (TPSA) is 72.5 Å². The Morgan fingerprint density at radius 3 is 0.975 bits per heavy atom. The fourth-order valence-electron chi connectivity index (χ4n) is 4.71. The summed E-state index contributed by atoms with van der Waals surface area (Å²) in [6, 6.07) is 0. The summed E-state index contributed by atoms with van der Waals surface area (Å²) < 4.78 is 38.8. The minimum absolute atomic E-state index is 0.218. The van der Waals surface area contributed by atoms with E-state index in [1.807, 2.05) is 0 Å². The molecule has 0 amide bonds. The van der Waals surface area contributed by atoms with Crippen molar-refractivity contribution in [2.75, 3.05) is 26.4 Å². The van der Waals surface area contributed by atoms with Gasteiger partial charge in [0.15, 0.2) is 0 Å². The summed E-state index contributed by atoms with van der Waals surface area (Å²) in [5.41, 5.74) is 0. The third-order valence-corrected chi connectivity index (χ3v) is 11.5. The predicted molar refractivity (Wildman–Crippen MR) is 160 cm³/mol. The van der Waals surface area contributed by atoms with E-state index in [1.165, 1.54) is 0 Å². The molecule has 0 radical (unpaired) electrons. The normalized spacial score (nSPS) is 15.7. The molecule has 0 aliphatic rings. The number of hydrogen-bond acceptors (Lipinski definition) is 7. The molecule has 8 heteroatoms. The summed E-state index contributed by atoms with van der Waals surface area (Å²) in [6.07, 6.45) is 16.5. The van der Waals surface area contributed by atoms with Crippen molar-refractivity contribution < 1.29 is 43.5 Å². The van der Waals surface area contributed by atoms with Gasteiger partial charge in [0.25, 0.3) is 0 Å². The Morgan fingerprint density at radius 2 is 0.725 bits per heavy atom. The Balaban J connectivity index is 5.97. The molecular weight excluding hydrogens is 544 g/mol. The standard InChI is InChI=1S/2C8H18O2.2C8H17O.O.Ti/c2*1-3-5-6-8(4-2)7-10-9;2*1-3-5-6-8(4-2)7-9;;/h2*8-9H,3-7H2,1-2H3;2*8H,3-7H2,1-2H3;;/q;;2*-1;;+4/p-2. The summed E-state index contributed by atoms with van der Waals surface area (Å²) in [7, 11) is 0. The summed E-state index contributed by atoms with van der Waals surface area (Å²) >= 11 is -6.34. The van der Waals surface area contributed by atoms with Crippen molar-refractivity contribution in [1.82, 2.24) is 0 Å². The number of hydrogen-bond donors (Lipinski definition) is 0. The molecule has 0 spiro atoms. The molecule has 0 heterocycles. The van der Waals surface area contributed by atoms with Crippen LogP contribution < -0.4 is 0 Å². The summed E-state index contributed by atoms with van der Waals surface area (Å²) in [5, 5.41) is 0. The fraction of sp³-hybridized carbons (Fsp3) is 1.00. The van der Waals surface area contributed by atoms with Gasteiger partial charge in [-0.25, -0.2) is 0 Å². The molecule has 0 saturated heterocycles. The first-order chi connectivity index (χ1) is 19.3. The van der Waals surface area contributed by atoms with Crippen molar-refractivity contribution in [2.24, 2.45) is 23.7 Å². The van der Waals surface area contributed by atoms with Crippen LogP contribution in [0.25, 0.3) is 0 Å². The molecule has 0 aromatic heterocycles. The van der Waals surface area contributed by atoms with Crippen LogP contribution in [0.3, 0.4) is 0 Å². The van der Waals surface area contributed by atoms with E-state index in [4.69, 9.17) is 23.4 Å². The molecule has 0 rings (SSSR count). The zero-order valence-corrected chi connectivity index (χ0v) is 29.4. The Labute approximate surface area is 251 Å². The van der Waals surface area contributed by atoms with Gasteiger partial charge < -0.3 is 0 Å². The quantitative estimate of drug-likeness (QED) is 0.0454. The Hall–Kier alpha value is 0.274. The minimum atomic E-state index is -6.34. The first kappa shape index (κ1) is 40.3. The second-order valence-corrected chi connectivity index (χ2v) is 15.9. The van der Waals surface area contributed by atoms with Gasteiger partial charge in [-0.2, -0.15) is 0 Å². The molecular formula is C32H68O7Ti. The molecule has 0 aliphatic heterocycles. The van der Waals surface area contributed by atoms with Crippen molar-refractivity contribution in [3.63, 3.8) is 0 Å². The summed E-state index contributed by atoms with van der Waals surface area (Å²) in [6.45, 7) is 18.3.